The second kappa shape index (κ2) is 2.77. The number of aryl methyl sites for hydroxylation is 1. The van der Waals surface area contributed by atoms with Crippen molar-refractivity contribution in [3.05, 3.63) is 36.2 Å². The second-order valence-electron chi connectivity index (χ2n) is 2.64. The van der Waals surface area contributed by atoms with Crippen molar-refractivity contribution in [3.63, 3.8) is 0 Å². The molecule has 0 atom stereocenters. The van der Waals surface area contributed by atoms with Gasteiger partial charge in [0.05, 0.1) is 0 Å². The number of rotatable bonds is 1. The van der Waals surface area contributed by atoms with Crippen LogP contribution in [0.1, 0.15) is 5.56 Å². The Labute approximate surface area is 70.5 Å². The molecule has 3 nitrogen and oxygen atoms in total. The van der Waals surface area contributed by atoms with E-state index in [-0.39, 0.29) is 0 Å². The first-order chi connectivity index (χ1) is 5.88. The third-order valence-electron chi connectivity index (χ3n) is 1.80. The molecular weight excluding hydrogens is 150 g/mol. The van der Waals surface area contributed by atoms with Crippen LogP contribution in [0.15, 0.2) is 30.6 Å². The summed E-state index contributed by atoms with van der Waals surface area (Å²) < 4.78 is 0. The Morgan fingerprint density at radius 2 is 2.08 bits per heavy atom. The number of aromatic amines is 1. The minimum atomic E-state index is 0.758. The molecule has 1 aromatic heterocycles. The fourth-order valence-corrected chi connectivity index (χ4v) is 1.16. The van der Waals surface area contributed by atoms with Crippen LogP contribution < -0.4 is 0 Å². The molecule has 0 aliphatic heterocycles. The van der Waals surface area contributed by atoms with Gasteiger partial charge in [0.1, 0.15) is 6.33 Å². The van der Waals surface area contributed by atoms with E-state index in [2.05, 4.69) is 15.2 Å². The Hall–Kier alpha value is -1.64. The van der Waals surface area contributed by atoms with Gasteiger partial charge in [-0.2, -0.15) is 5.10 Å². The number of hydrogen-bond acceptors (Lipinski definition) is 2. The fourth-order valence-electron chi connectivity index (χ4n) is 1.16. The number of aromatic nitrogens is 3. The number of hydrogen-bond donors (Lipinski definition) is 1. The molecular formula is C9H9N3. The standard InChI is InChI=1S/C9H9N3/c1-7-4-2-3-5-8(7)9-10-6-11-12-9/h2-6H,1H3,(H,10,11,12). The lowest BCUT2D eigenvalue weighted by atomic mass is 10.1. The number of nitrogens with zero attached hydrogens (tertiary/aromatic N) is 2. The van der Waals surface area contributed by atoms with Gasteiger partial charge in [0.25, 0.3) is 0 Å². The molecule has 0 saturated carbocycles. The summed E-state index contributed by atoms with van der Waals surface area (Å²) in [6.07, 6.45) is 1.59. The second-order valence-corrected chi connectivity index (χ2v) is 2.64. The molecule has 0 fully saturated rings. The maximum atomic E-state index is 4.08. The van der Waals surface area contributed by atoms with E-state index in [4.69, 9.17) is 0 Å². The average molecular weight is 159 g/mol. The van der Waals surface area contributed by atoms with Crippen molar-refractivity contribution in [1.29, 1.82) is 0 Å². The van der Waals surface area contributed by atoms with Gasteiger partial charge in [0.15, 0.2) is 5.82 Å². The summed E-state index contributed by atoms with van der Waals surface area (Å²) in [5.41, 5.74) is 2.27. The van der Waals surface area contributed by atoms with E-state index >= 15 is 0 Å². The molecule has 0 radical (unpaired) electrons. The first-order valence-corrected chi connectivity index (χ1v) is 3.80. The van der Waals surface area contributed by atoms with E-state index in [0.29, 0.717) is 0 Å². The molecule has 0 bridgehead atoms. The Bertz CT molecular complexity index is 365. The van der Waals surface area contributed by atoms with Crippen molar-refractivity contribution >= 4 is 0 Å². The molecule has 0 amide bonds. The molecule has 0 unspecified atom stereocenters. The van der Waals surface area contributed by atoms with E-state index in [1.807, 2.05) is 31.2 Å². The molecule has 2 rings (SSSR count). The minimum Gasteiger partial charge on any atom is -0.265 e. The van der Waals surface area contributed by atoms with E-state index in [0.717, 1.165) is 11.4 Å². The normalized spacial score (nSPS) is 10.1. The van der Waals surface area contributed by atoms with Gasteiger partial charge in [-0.3, -0.25) is 5.10 Å². The van der Waals surface area contributed by atoms with Crippen LogP contribution in [0.3, 0.4) is 0 Å². The molecule has 0 spiro atoms. The van der Waals surface area contributed by atoms with Gasteiger partial charge >= 0.3 is 0 Å². The van der Waals surface area contributed by atoms with Crippen molar-refractivity contribution in [2.75, 3.05) is 0 Å². The lowest BCUT2D eigenvalue weighted by molar-refractivity contribution is 1.09. The predicted molar refractivity (Wildman–Crippen MR) is 46.6 cm³/mol. The van der Waals surface area contributed by atoms with Gasteiger partial charge in [-0.25, -0.2) is 4.98 Å². The molecule has 12 heavy (non-hydrogen) atoms. The first kappa shape index (κ1) is 7.03. The largest absolute Gasteiger partial charge is 0.265 e. The summed E-state index contributed by atoms with van der Waals surface area (Å²) in [5, 5.41) is 6.71. The fraction of sp³-hybridized carbons (Fsp3) is 0.111. The highest BCUT2D eigenvalue weighted by Crippen LogP contribution is 2.17. The summed E-state index contributed by atoms with van der Waals surface area (Å²) in [6.45, 7) is 2.05. The van der Waals surface area contributed by atoms with Gasteiger partial charge in [-0.1, -0.05) is 24.3 Å². The minimum absolute atomic E-state index is 0.758. The lowest BCUT2D eigenvalue weighted by Gasteiger charge is -1.98. The number of H-pyrrole nitrogens is 1. The molecule has 1 aromatic carbocycles. The zero-order valence-corrected chi connectivity index (χ0v) is 6.78. The van der Waals surface area contributed by atoms with Gasteiger partial charge < -0.3 is 0 Å². The summed E-state index contributed by atoms with van der Waals surface area (Å²) in [6, 6.07) is 8.05. The van der Waals surface area contributed by atoms with Gasteiger partial charge in [0, 0.05) is 5.56 Å². The van der Waals surface area contributed by atoms with Crippen LogP contribution in [0.5, 0.6) is 0 Å². The topological polar surface area (TPSA) is 41.6 Å². The van der Waals surface area contributed by atoms with Crippen LogP contribution in [-0.4, -0.2) is 15.2 Å². The SMILES string of the molecule is Cc1ccccc1-c1nc[nH]n1. The van der Waals surface area contributed by atoms with Crippen LogP contribution in [-0.2, 0) is 0 Å². The Balaban J connectivity index is 2.55. The van der Waals surface area contributed by atoms with Crippen molar-refractivity contribution in [2.24, 2.45) is 0 Å². The molecule has 1 N–H and O–H groups in total. The zero-order chi connectivity index (χ0) is 8.39. The third-order valence-corrected chi connectivity index (χ3v) is 1.80. The Morgan fingerprint density at radius 3 is 2.75 bits per heavy atom. The monoisotopic (exact) mass is 159 g/mol. The van der Waals surface area contributed by atoms with Crippen molar-refractivity contribution < 1.29 is 0 Å². The molecule has 2 aromatic rings. The van der Waals surface area contributed by atoms with Crippen molar-refractivity contribution in [1.82, 2.24) is 15.2 Å². The smallest absolute Gasteiger partial charge is 0.181 e. The highest BCUT2D eigenvalue weighted by Gasteiger charge is 2.02. The van der Waals surface area contributed by atoms with Crippen LogP contribution in [0.4, 0.5) is 0 Å². The summed E-state index contributed by atoms with van der Waals surface area (Å²) in [4.78, 5) is 4.08. The lowest BCUT2D eigenvalue weighted by Crippen LogP contribution is -1.84. The maximum Gasteiger partial charge on any atom is 0.181 e. The van der Waals surface area contributed by atoms with Crippen LogP contribution in [0, 0.1) is 6.92 Å². The third kappa shape index (κ3) is 1.09. The molecule has 0 aliphatic rings. The average Bonchev–Trinajstić information content (AvgIpc) is 2.57. The number of benzene rings is 1. The van der Waals surface area contributed by atoms with Crippen LogP contribution in [0.25, 0.3) is 11.4 Å². The molecule has 0 aliphatic carbocycles. The number of nitrogens with one attached hydrogen (secondary N) is 1. The Morgan fingerprint density at radius 1 is 1.25 bits per heavy atom. The summed E-state index contributed by atoms with van der Waals surface area (Å²) in [7, 11) is 0. The molecule has 60 valence electrons. The zero-order valence-electron chi connectivity index (χ0n) is 6.78. The van der Waals surface area contributed by atoms with E-state index in [1.165, 1.54) is 5.56 Å². The summed E-state index contributed by atoms with van der Waals surface area (Å²) >= 11 is 0. The highest BCUT2D eigenvalue weighted by atomic mass is 15.2. The van der Waals surface area contributed by atoms with E-state index < -0.39 is 0 Å². The van der Waals surface area contributed by atoms with Gasteiger partial charge in [-0.15, -0.1) is 0 Å². The maximum absolute atomic E-state index is 4.08. The summed E-state index contributed by atoms with van der Waals surface area (Å²) in [5.74, 6) is 0.758. The Kier molecular flexibility index (Phi) is 1.63. The first-order valence-electron chi connectivity index (χ1n) is 3.80. The van der Waals surface area contributed by atoms with Crippen LogP contribution in [0.2, 0.25) is 0 Å². The highest BCUT2D eigenvalue weighted by molar-refractivity contribution is 5.58. The van der Waals surface area contributed by atoms with Crippen molar-refractivity contribution in [2.45, 2.75) is 6.92 Å². The van der Waals surface area contributed by atoms with E-state index in [9.17, 15) is 0 Å². The molecule has 1 heterocycles. The molecule has 0 saturated heterocycles. The van der Waals surface area contributed by atoms with Gasteiger partial charge in [0.2, 0.25) is 0 Å². The predicted octanol–water partition coefficient (Wildman–Crippen LogP) is 1.78. The van der Waals surface area contributed by atoms with Crippen LogP contribution >= 0.6 is 0 Å². The quantitative estimate of drug-likeness (QED) is 0.689. The van der Waals surface area contributed by atoms with E-state index in [1.54, 1.807) is 6.33 Å². The van der Waals surface area contributed by atoms with Gasteiger partial charge in [-0.05, 0) is 12.5 Å². The van der Waals surface area contributed by atoms with Crippen molar-refractivity contribution in [3.8, 4) is 11.4 Å². The molecule has 3 heteroatoms.